The first-order valence-corrected chi connectivity index (χ1v) is 7.59. The van der Waals surface area contributed by atoms with Crippen LogP contribution < -0.4 is 10.6 Å². The highest BCUT2D eigenvalue weighted by Gasteiger charge is 2.36. The standard InChI is InChI=1S/C18H22N2O.ClH/c1-13(20-17(21)18(2)10-11-19-12-18)15-9-5-7-14-6-3-4-8-16(14)15;/h3-9,13,19H,10-12H2,1-2H3,(H,20,21);1H. The summed E-state index contributed by atoms with van der Waals surface area (Å²) in [6.07, 6.45) is 0.904. The number of benzene rings is 2. The highest BCUT2D eigenvalue weighted by Crippen LogP contribution is 2.28. The molecule has 0 saturated carbocycles. The summed E-state index contributed by atoms with van der Waals surface area (Å²) in [4.78, 5) is 12.5. The average molecular weight is 319 g/mol. The van der Waals surface area contributed by atoms with Gasteiger partial charge in [-0.3, -0.25) is 4.79 Å². The van der Waals surface area contributed by atoms with Gasteiger partial charge >= 0.3 is 0 Å². The molecule has 3 nitrogen and oxygen atoms in total. The van der Waals surface area contributed by atoms with Crippen LogP contribution in [0.2, 0.25) is 0 Å². The molecule has 0 aliphatic carbocycles. The first-order valence-electron chi connectivity index (χ1n) is 7.59. The van der Waals surface area contributed by atoms with Crippen molar-refractivity contribution in [3.8, 4) is 0 Å². The fourth-order valence-electron chi connectivity index (χ4n) is 3.09. The molecule has 22 heavy (non-hydrogen) atoms. The fourth-order valence-corrected chi connectivity index (χ4v) is 3.09. The number of rotatable bonds is 3. The number of carbonyl (C=O) groups is 1. The highest BCUT2D eigenvalue weighted by molar-refractivity contribution is 5.88. The molecule has 3 rings (SSSR count). The van der Waals surface area contributed by atoms with E-state index < -0.39 is 0 Å². The van der Waals surface area contributed by atoms with Gasteiger partial charge < -0.3 is 10.6 Å². The van der Waals surface area contributed by atoms with Crippen molar-refractivity contribution >= 4 is 29.1 Å². The third kappa shape index (κ3) is 3.11. The molecule has 1 saturated heterocycles. The summed E-state index contributed by atoms with van der Waals surface area (Å²) in [5.41, 5.74) is 0.898. The number of fused-ring (bicyclic) bond motifs is 1. The Morgan fingerprint density at radius 3 is 2.68 bits per heavy atom. The molecular formula is C18H23ClN2O. The number of hydrogen-bond donors (Lipinski definition) is 2. The van der Waals surface area contributed by atoms with E-state index >= 15 is 0 Å². The largest absolute Gasteiger partial charge is 0.349 e. The van der Waals surface area contributed by atoms with Crippen LogP contribution in [-0.2, 0) is 4.79 Å². The lowest BCUT2D eigenvalue weighted by atomic mass is 9.88. The van der Waals surface area contributed by atoms with Crippen molar-refractivity contribution in [3.05, 3.63) is 48.0 Å². The van der Waals surface area contributed by atoms with Gasteiger partial charge in [-0.1, -0.05) is 42.5 Å². The Bertz CT molecular complexity index is 660. The maximum atomic E-state index is 12.5. The first kappa shape index (κ1) is 16.8. The molecule has 0 spiro atoms. The summed E-state index contributed by atoms with van der Waals surface area (Å²) in [5, 5.41) is 8.89. The van der Waals surface area contributed by atoms with Gasteiger partial charge in [0, 0.05) is 6.54 Å². The van der Waals surface area contributed by atoms with E-state index in [0.717, 1.165) is 19.5 Å². The molecular weight excluding hydrogens is 296 g/mol. The van der Waals surface area contributed by atoms with Crippen molar-refractivity contribution in [2.45, 2.75) is 26.3 Å². The van der Waals surface area contributed by atoms with Gasteiger partial charge in [0.05, 0.1) is 11.5 Å². The van der Waals surface area contributed by atoms with Crippen molar-refractivity contribution < 1.29 is 4.79 Å². The summed E-state index contributed by atoms with van der Waals surface area (Å²) < 4.78 is 0. The van der Waals surface area contributed by atoms with Crippen molar-refractivity contribution in [1.29, 1.82) is 0 Å². The molecule has 1 amide bonds. The molecule has 2 atom stereocenters. The van der Waals surface area contributed by atoms with Gasteiger partial charge in [-0.25, -0.2) is 0 Å². The van der Waals surface area contributed by atoms with Gasteiger partial charge in [0.1, 0.15) is 0 Å². The first-order chi connectivity index (χ1) is 10.1. The molecule has 0 aromatic heterocycles. The second-order valence-corrected chi connectivity index (χ2v) is 6.25. The smallest absolute Gasteiger partial charge is 0.227 e. The highest BCUT2D eigenvalue weighted by atomic mass is 35.5. The monoisotopic (exact) mass is 318 g/mol. The molecule has 2 aromatic rings. The van der Waals surface area contributed by atoms with Crippen molar-refractivity contribution in [2.24, 2.45) is 5.41 Å². The Balaban J connectivity index is 0.00000176. The van der Waals surface area contributed by atoms with Gasteiger partial charge in [-0.2, -0.15) is 0 Å². The third-order valence-electron chi connectivity index (χ3n) is 4.55. The lowest BCUT2D eigenvalue weighted by molar-refractivity contribution is -0.129. The summed E-state index contributed by atoms with van der Waals surface area (Å²) in [6.45, 7) is 5.79. The van der Waals surface area contributed by atoms with Crippen LogP contribution in [0.1, 0.15) is 31.9 Å². The molecule has 1 heterocycles. The molecule has 1 aliphatic rings. The lowest BCUT2D eigenvalue weighted by Crippen LogP contribution is -2.41. The number of hydrogen-bond acceptors (Lipinski definition) is 2. The Labute approximate surface area is 137 Å². The van der Waals surface area contributed by atoms with E-state index in [4.69, 9.17) is 0 Å². The topological polar surface area (TPSA) is 41.1 Å². The molecule has 4 heteroatoms. The maximum absolute atomic E-state index is 12.5. The summed E-state index contributed by atoms with van der Waals surface area (Å²) in [6, 6.07) is 14.6. The SMILES string of the molecule is CC(NC(=O)C1(C)CCNC1)c1cccc2ccccc12.Cl. The van der Waals surface area contributed by atoms with Gasteiger partial charge in [0.2, 0.25) is 5.91 Å². The van der Waals surface area contributed by atoms with E-state index in [2.05, 4.69) is 47.9 Å². The third-order valence-corrected chi connectivity index (χ3v) is 4.55. The predicted octanol–water partition coefficient (Wildman–Crippen LogP) is 3.44. The van der Waals surface area contributed by atoms with Crippen LogP contribution in [0.25, 0.3) is 10.8 Å². The van der Waals surface area contributed by atoms with Crippen molar-refractivity contribution in [3.63, 3.8) is 0 Å². The molecule has 1 fully saturated rings. The normalized spacial score (nSPS) is 22.1. The zero-order chi connectivity index (χ0) is 14.9. The average Bonchev–Trinajstić information content (AvgIpc) is 2.95. The Morgan fingerprint density at radius 2 is 1.95 bits per heavy atom. The molecule has 0 bridgehead atoms. The van der Waals surface area contributed by atoms with E-state index in [1.165, 1.54) is 16.3 Å². The molecule has 2 unspecified atom stereocenters. The quantitative estimate of drug-likeness (QED) is 0.910. The molecule has 0 radical (unpaired) electrons. The zero-order valence-electron chi connectivity index (χ0n) is 13.1. The minimum absolute atomic E-state index is 0. The minimum Gasteiger partial charge on any atom is -0.349 e. The van der Waals surface area contributed by atoms with Crippen LogP contribution in [0.3, 0.4) is 0 Å². The fraction of sp³-hybridized carbons (Fsp3) is 0.389. The van der Waals surface area contributed by atoms with Crippen LogP contribution in [-0.4, -0.2) is 19.0 Å². The second-order valence-electron chi connectivity index (χ2n) is 6.25. The number of halogens is 1. The Hall–Kier alpha value is -1.58. The van der Waals surface area contributed by atoms with Gasteiger partial charge in [0.15, 0.2) is 0 Å². The summed E-state index contributed by atoms with van der Waals surface area (Å²) in [5.74, 6) is 0.146. The summed E-state index contributed by atoms with van der Waals surface area (Å²) in [7, 11) is 0. The van der Waals surface area contributed by atoms with Crippen LogP contribution in [0.5, 0.6) is 0 Å². The maximum Gasteiger partial charge on any atom is 0.227 e. The zero-order valence-corrected chi connectivity index (χ0v) is 13.9. The van der Waals surface area contributed by atoms with E-state index in [1.54, 1.807) is 0 Å². The van der Waals surface area contributed by atoms with E-state index in [9.17, 15) is 4.79 Å². The number of amides is 1. The second kappa shape index (κ2) is 6.67. The van der Waals surface area contributed by atoms with Crippen molar-refractivity contribution in [1.82, 2.24) is 10.6 Å². The summed E-state index contributed by atoms with van der Waals surface area (Å²) >= 11 is 0. The Kier molecular flexibility index (Phi) is 5.09. The van der Waals surface area contributed by atoms with Gasteiger partial charge in [0.25, 0.3) is 0 Å². The van der Waals surface area contributed by atoms with E-state index in [1.807, 2.05) is 19.1 Å². The number of carbonyl (C=O) groups excluding carboxylic acids is 1. The van der Waals surface area contributed by atoms with Crippen LogP contribution in [0.15, 0.2) is 42.5 Å². The molecule has 2 N–H and O–H groups in total. The van der Waals surface area contributed by atoms with Crippen LogP contribution >= 0.6 is 12.4 Å². The van der Waals surface area contributed by atoms with Gasteiger partial charge in [-0.15, -0.1) is 12.4 Å². The van der Waals surface area contributed by atoms with E-state index in [-0.39, 0.29) is 29.8 Å². The van der Waals surface area contributed by atoms with Crippen molar-refractivity contribution in [2.75, 3.05) is 13.1 Å². The molecule has 118 valence electrons. The van der Waals surface area contributed by atoms with Gasteiger partial charge in [-0.05, 0) is 43.1 Å². The Morgan fingerprint density at radius 1 is 1.23 bits per heavy atom. The minimum atomic E-state index is -0.279. The number of nitrogens with one attached hydrogen (secondary N) is 2. The molecule has 1 aliphatic heterocycles. The predicted molar refractivity (Wildman–Crippen MR) is 93.3 cm³/mol. The van der Waals surface area contributed by atoms with Crippen LogP contribution in [0.4, 0.5) is 0 Å². The molecule has 2 aromatic carbocycles. The lowest BCUT2D eigenvalue weighted by Gasteiger charge is -2.25. The van der Waals surface area contributed by atoms with E-state index in [0.29, 0.717) is 0 Å². The van der Waals surface area contributed by atoms with Crippen LogP contribution in [0, 0.1) is 5.41 Å².